The molecule has 1 aromatic heterocycles. The third kappa shape index (κ3) is 2.27. The van der Waals surface area contributed by atoms with Crippen LogP contribution in [0.1, 0.15) is 0 Å². The lowest BCUT2D eigenvalue weighted by molar-refractivity contribution is 0.515. The first-order chi connectivity index (χ1) is 9.06. The number of hydrogen-bond donors (Lipinski definition) is 1. The topological polar surface area (TPSA) is 28.7 Å². The predicted molar refractivity (Wildman–Crippen MR) is 81.9 cm³/mol. The molecule has 0 amide bonds. The molecule has 0 aliphatic heterocycles. The van der Waals surface area contributed by atoms with Gasteiger partial charge in [-0.3, -0.25) is 0 Å². The van der Waals surface area contributed by atoms with Crippen molar-refractivity contribution < 1.29 is 8.78 Å². The van der Waals surface area contributed by atoms with Gasteiger partial charge in [0, 0.05) is 13.6 Å². The Bertz CT molecular complexity index is 786. The standard InChI is InChI=1S/C13H6BrF2IN2/c14-6-1-3-9(17)7(5-6)13-18-10-4-2-8(15)11(16)12(10)19-13/h1-5H,(H,18,19). The average molecular weight is 435 g/mol. The van der Waals surface area contributed by atoms with Crippen LogP contribution in [-0.2, 0) is 0 Å². The van der Waals surface area contributed by atoms with Gasteiger partial charge in [0.25, 0.3) is 0 Å². The van der Waals surface area contributed by atoms with Crippen molar-refractivity contribution in [2.45, 2.75) is 0 Å². The number of benzene rings is 2. The van der Waals surface area contributed by atoms with Crippen LogP contribution in [0.15, 0.2) is 34.8 Å². The summed E-state index contributed by atoms with van der Waals surface area (Å²) in [6.45, 7) is 0. The van der Waals surface area contributed by atoms with Crippen molar-refractivity contribution in [2.24, 2.45) is 0 Å². The summed E-state index contributed by atoms with van der Waals surface area (Å²) in [6, 6.07) is 8.28. The SMILES string of the molecule is Fc1ccc2[nH]c(-c3cc(Br)ccc3I)nc2c1F. The largest absolute Gasteiger partial charge is 0.338 e. The van der Waals surface area contributed by atoms with Crippen LogP contribution in [-0.4, -0.2) is 9.97 Å². The Morgan fingerprint density at radius 2 is 1.95 bits per heavy atom. The van der Waals surface area contributed by atoms with E-state index in [1.54, 1.807) is 0 Å². The first kappa shape index (κ1) is 13.0. The molecule has 0 radical (unpaired) electrons. The van der Waals surface area contributed by atoms with E-state index in [2.05, 4.69) is 48.5 Å². The second-order valence-corrected chi connectivity index (χ2v) is 6.04. The number of fused-ring (bicyclic) bond motifs is 1. The molecule has 96 valence electrons. The molecule has 0 bridgehead atoms. The average Bonchev–Trinajstić information content (AvgIpc) is 2.81. The van der Waals surface area contributed by atoms with E-state index < -0.39 is 11.6 Å². The molecule has 1 N–H and O–H groups in total. The highest BCUT2D eigenvalue weighted by Crippen LogP contribution is 2.29. The van der Waals surface area contributed by atoms with Crippen LogP contribution < -0.4 is 0 Å². The number of nitrogens with one attached hydrogen (secondary N) is 1. The van der Waals surface area contributed by atoms with Crippen molar-refractivity contribution in [3.63, 3.8) is 0 Å². The highest BCUT2D eigenvalue weighted by molar-refractivity contribution is 14.1. The molecule has 3 rings (SSSR count). The molecule has 0 aliphatic carbocycles. The fourth-order valence-electron chi connectivity index (χ4n) is 1.82. The van der Waals surface area contributed by atoms with Gasteiger partial charge in [-0.2, -0.15) is 0 Å². The predicted octanol–water partition coefficient (Wildman–Crippen LogP) is 4.88. The summed E-state index contributed by atoms with van der Waals surface area (Å²) in [5.41, 5.74) is 1.33. The van der Waals surface area contributed by atoms with Crippen LogP contribution in [0.3, 0.4) is 0 Å². The highest BCUT2D eigenvalue weighted by Gasteiger charge is 2.14. The quantitative estimate of drug-likeness (QED) is 0.543. The van der Waals surface area contributed by atoms with E-state index in [0.29, 0.717) is 11.3 Å². The Morgan fingerprint density at radius 3 is 2.74 bits per heavy atom. The third-order valence-electron chi connectivity index (χ3n) is 2.73. The number of aromatic nitrogens is 2. The third-order valence-corrected chi connectivity index (χ3v) is 4.16. The summed E-state index contributed by atoms with van der Waals surface area (Å²) in [4.78, 5) is 7.15. The molecule has 2 nitrogen and oxygen atoms in total. The molecule has 0 fully saturated rings. The van der Waals surface area contributed by atoms with Gasteiger partial charge >= 0.3 is 0 Å². The monoisotopic (exact) mass is 434 g/mol. The lowest BCUT2D eigenvalue weighted by Crippen LogP contribution is -1.86. The molecule has 0 spiro atoms. The van der Waals surface area contributed by atoms with Crippen LogP contribution in [0.2, 0.25) is 0 Å². The summed E-state index contributed by atoms with van der Waals surface area (Å²) in [7, 11) is 0. The summed E-state index contributed by atoms with van der Waals surface area (Å²) in [6.07, 6.45) is 0. The van der Waals surface area contributed by atoms with Crippen LogP contribution in [0, 0.1) is 15.2 Å². The van der Waals surface area contributed by atoms with Gasteiger partial charge in [-0.25, -0.2) is 13.8 Å². The van der Waals surface area contributed by atoms with Crippen LogP contribution in [0.4, 0.5) is 8.78 Å². The lowest BCUT2D eigenvalue weighted by atomic mass is 10.2. The summed E-state index contributed by atoms with van der Waals surface area (Å²) >= 11 is 5.56. The van der Waals surface area contributed by atoms with Gasteiger partial charge in [-0.1, -0.05) is 15.9 Å². The molecule has 19 heavy (non-hydrogen) atoms. The van der Waals surface area contributed by atoms with Crippen LogP contribution in [0.5, 0.6) is 0 Å². The molecule has 0 saturated heterocycles. The Hall–Kier alpha value is -1.02. The van der Waals surface area contributed by atoms with Gasteiger partial charge in [0.05, 0.1) is 5.52 Å². The first-order valence-corrected chi connectivity index (χ1v) is 7.22. The summed E-state index contributed by atoms with van der Waals surface area (Å²) < 4.78 is 28.7. The molecule has 3 aromatic rings. The molecule has 0 unspecified atom stereocenters. The number of H-pyrrole nitrogens is 1. The van der Waals surface area contributed by atoms with E-state index in [9.17, 15) is 8.78 Å². The molecular formula is C13H6BrF2IN2. The number of rotatable bonds is 1. The number of aromatic amines is 1. The van der Waals surface area contributed by atoms with Gasteiger partial charge in [-0.15, -0.1) is 0 Å². The maximum Gasteiger partial charge on any atom is 0.186 e. The smallest absolute Gasteiger partial charge is 0.186 e. The van der Waals surface area contributed by atoms with E-state index >= 15 is 0 Å². The van der Waals surface area contributed by atoms with Gasteiger partial charge in [0.15, 0.2) is 11.6 Å². The van der Waals surface area contributed by atoms with E-state index in [1.807, 2.05) is 18.2 Å². The van der Waals surface area contributed by atoms with Crippen molar-refractivity contribution in [3.8, 4) is 11.4 Å². The first-order valence-electron chi connectivity index (χ1n) is 5.35. The maximum atomic E-state index is 13.6. The zero-order chi connectivity index (χ0) is 13.6. The van der Waals surface area contributed by atoms with Crippen LogP contribution >= 0.6 is 38.5 Å². The van der Waals surface area contributed by atoms with Crippen molar-refractivity contribution in [3.05, 3.63) is 50.0 Å². The molecule has 0 aliphatic rings. The lowest BCUT2D eigenvalue weighted by Gasteiger charge is -2.01. The Labute approximate surface area is 129 Å². The van der Waals surface area contributed by atoms with Gasteiger partial charge in [0.1, 0.15) is 11.3 Å². The molecule has 0 atom stereocenters. The minimum Gasteiger partial charge on any atom is -0.338 e. The molecule has 2 aromatic carbocycles. The minimum atomic E-state index is -0.926. The Morgan fingerprint density at radius 1 is 1.16 bits per heavy atom. The number of halogens is 4. The van der Waals surface area contributed by atoms with Crippen molar-refractivity contribution >= 4 is 49.6 Å². The van der Waals surface area contributed by atoms with E-state index in [-0.39, 0.29) is 5.52 Å². The van der Waals surface area contributed by atoms with Gasteiger partial charge in [0.2, 0.25) is 0 Å². The zero-order valence-corrected chi connectivity index (χ0v) is 13.1. The molecule has 6 heteroatoms. The number of nitrogens with zero attached hydrogens (tertiary/aromatic N) is 1. The molecule has 1 heterocycles. The highest BCUT2D eigenvalue weighted by atomic mass is 127. The van der Waals surface area contributed by atoms with Crippen molar-refractivity contribution in [2.75, 3.05) is 0 Å². The van der Waals surface area contributed by atoms with Crippen molar-refractivity contribution in [1.29, 1.82) is 0 Å². The Balaban J connectivity index is 2.26. The van der Waals surface area contributed by atoms with Crippen LogP contribution in [0.25, 0.3) is 22.4 Å². The summed E-state index contributed by atoms with van der Waals surface area (Å²) in [5.74, 6) is -1.30. The maximum absolute atomic E-state index is 13.6. The zero-order valence-electron chi connectivity index (χ0n) is 9.35. The normalized spacial score (nSPS) is 11.2. The second kappa shape index (κ2) is 4.82. The summed E-state index contributed by atoms with van der Waals surface area (Å²) in [5, 5.41) is 0. The van der Waals surface area contributed by atoms with E-state index in [4.69, 9.17) is 0 Å². The fourth-order valence-corrected chi connectivity index (χ4v) is 2.78. The van der Waals surface area contributed by atoms with Gasteiger partial charge < -0.3 is 4.98 Å². The van der Waals surface area contributed by atoms with E-state index in [0.717, 1.165) is 19.7 Å². The number of imidazole rings is 1. The second-order valence-electron chi connectivity index (χ2n) is 3.97. The van der Waals surface area contributed by atoms with E-state index in [1.165, 1.54) is 6.07 Å². The number of hydrogen-bond acceptors (Lipinski definition) is 1. The fraction of sp³-hybridized carbons (Fsp3) is 0. The Kier molecular flexibility index (Phi) is 3.30. The molecule has 0 saturated carbocycles. The molecular weight excluding hydrogens is 429 g/mol. The van der Waals surface area contributed by atoms with Gasteiger partial charge in [-0.05, 0) is 52.9 Å². The minimum absolute atomic E-state index is 0.0192. The van der Waals surface area contributed by atoms with Crippen molar-refractivity contribution in [1.82, 2.24) is 9.97 Å².